The third-order valence-corrected chi connectivity index (χ3v) is 7.38. The molecule has 9 heteroatoms. The number of piperidine rings is 1. The lowest BCUT2D eigenvalue weighted by atomic mass is 9.99. The number of nitrogens with one attached hydrogen (secondary N) is 1. The number of carbonyl (C=O) groups is 1. The SMILES string of the molecule is CCCCN(CCCC)S(=O)(=O)N1CCCC(C(=O)Nc2ccc(Br)cn2)C1. The van der Waals surface area contributed by atoms with Gasteiger partial charge in [0.05, 0.1) is 5.92 Å². The van der Waals surface area contributed by atoms with Gasteiger partial charge in [-0.15, -0.1) is 0 Å². The van der Waals surface area contributed by atoms with Crippen molar-refractivity contribution in [1.82, 2.24) is 13.6 Å². The number of anilines is 1. The zero-order chi connectivity index (χ0) is 20.6. The Bertz CT molecular complexity index is 719. The molecule has 2 heterocycles. The molecule has 1 unspecified atom stereocenters. The maximum absolute atomic E-state index is 13.2. The Labute approximate surface area is 177 Å². The zero-order valence-corrected chi connectivity index (χ0v) is 19.1. The molecule has 1 atom stereocenters. The maximum Gasteiger partial charge on any atom is 0.281 e. The van der Waals surface area contributed by atoms with Crippen molar-refractivity contribution in [2.24, 2.45) is 5.92 Å². The predicted octanol–water partition coefficient (Wildman–Crippen LogP) is 3.64. The molecule has 1 aliphatic rings. The smallest absolute Gasteiger partial charge is 0.281 e. The molecule has 2 rings (SSSR count). The van der Waals surface area contributed by atoms with Gasteiger partial charge in [-0.2, -0.15) is 17.0 Å². The molecule has 1 N–H and O–H groups in total. The van der Waals surface area contributed by atoms with E-state index >= 15 is 0 Å². The van der Waals surface area contributed by atoms with Crippen molar-refractivity contribution >= 4 is 37.9 Å². The standard InChI is InChI=1S/C19H31BrN4O3S/c1-3-5-11-23(12-6-4-2)28(26,27)24-13-7-8-16(15-24)19(25)22-18-10-9-17(20)14-21-18/h9-10,14,16H,3-8,11-13,15H2,1-2H3,(H,21,22,25). The van der Waals surface area contributed by atoms with Crippen molar-refractivity contribution in [2.75, 3.05) is 31.5 Å². The number of halogens is 1. The fraction of sp³-hybridized carbons (Fsp3) is 0.684. The van der Waals surface area contributed by atoms with E-state index in [4.69, 9.17) is 0 Å². The van der Waals surface area contributed by atoms with Crippen LogP contribution in [0.1, 0.15) is 52.4 Å². The summed E-state index contributed by atoms with van der Waals surface area (Å²) in [5, 5.41) is 2.80. The molecule has 0 aliphatic carbocycles. The first kappa shape index (κ1) is 23.3. The first-order valence-electron chi connectivity index (χ1n) is 10.1. The summed E-state index contributed by atoms with van der Waals surface area (Å²) >= 11 is 3.31. The normalized spacial score (nSPS) is 18.4. The largest absolute Gasteiger partial charge is 0.310 e. The van der Waals surface area contributed by atoms with E-state index in [1.807, 2.05) is 0 Å². The molecule has 1 saturated heterocycles. The van der Waals surface area contributed by atoms with Crippen LogP contribution in [0.15, 0.2) is 22.8 Å². The fourth-order valence-electron chi connectivity index (χ4n) is 3.22. The quantitative estimate of drug-likeness (QED) is 0.560. The number of pyridine rings is 1. The monoisotopic (exact) mass is 474 g/mol. The second-order valence-electron chi connectivity index (χ2n) is 7.16. The van der Waals surface area contributed by atoms with Crippen LogP contribution < -0.4 is 5.32 Å². The number of aromatic nitrogens is 1. The van der Waals surface area contributed by atoms with Gasteiger partial charge in [-0.05, 0) is 53.7 Å². The predicted molar refractivity (Wildman–Crippen MR) is 115 cm³/mol. The number of hydrogen-bond acceptors (Lipinski definition) is 4. The van der Waals surface area contributed by atoms with E-state index in [1.54, 1.807) is 22.6 Å². The summed E-state index contributed by atoms with van der Waals surface area (Å²) in [6.07, 6.45) is 6.56. The minimum absolute atomic E-state index is 0.177. The molecule has 1 aliphatic heterocycles. The molecule has 1 amide bonds. The van der Waals surface area contributed by atoms with Crippen molar-refractivity contribution in [1.29, 1.82) is 0 Å². The van der Waals surface area contributed by atoms with Crippen LogP contribution >= 0.6 is 15.9 Å². The first-order valence-corrected chi connectivity index (χ1v) is 12.2. The number of nitrogens with zero attached hydrogens (tertiary/aromatic N) is 3. The molecule has 1 fully saturated rings. The van der Waals surface area contributed by atoms with Gasteiger partial charge in [0.25, 0.3) is 10.2 Å². The van der Waals surface area contributed by atoms with Crippen LogP contribution in [0, 0.1) is 5.92 Å². The Morgan fingerprint density at radius 1 is 1.29 bits per heavy atom. The summed E-state index contributed by atoms with van der Waals surface area (Å²) in [5.41, 5.74) is 0. The Morgan fingerprint density at radius 3 is 2.54 bits per heavy atom. The highest BCUT2D eigenvalue weighted by molar-refractivity contribution is 9.10. The van der Waals surface area contributed by atoms with Crippen molar-refractivity contribution in [3.8, 4) is 0 Å². The Kier molecular flexibility index (Phi) is 9.33. The van der Waals surface area contributed by atoms with Gasteiger partial charge in [0, 0.05) is 36.8 Å². The second kappa shape index (κ2) is 11.2. The van der Waals surface area contributed by atoms with E-state index in [-0.39, 0.29) is 18.4 Å². The number of hydrogen-bond donors (Lipinski definition) is 1. The summed E-state index contributed by atoms with van der Waals surface area (Å²) in [7, 11) is -3.55. The number of amides is 1. The highest BCUT2D eigenvalue weighted by atomic mass is 79.9. The Hall–Kier alpha value is -1.03. The highest BCUT2D eigenvalue weighted by Crippen LogP contribution is 2.23. The zero-order valence-electron chi connectivity index (χ0n) is 16.7. The molecule has 0 saturated carbocycles. The van der Waals surface area contributed by atoms with Gasteiger partial charge in [-0.3, -0.25) is 4.79 Å². The summed E-state index contributed by atoms with van der Waals surface area (Å²) in [6, 6.07) is 3.52. The molecular weight excluding hydrogens is 444 g/mol. The van der Waals surface area contributed by atoms with E-state index in [9.17, 15) is 13.2 Å². The van der Waals surface area contributed by atoms with Gasteiger partial charge < -0.3 is 5.32 Å². The van der Waals surface area contributed by atoms with E-state index in [0.29, 0.717) is 38.3 Å². The molecule has 28 heavy (non-hydrogen) atoms. The molecule has 0 radical (unpaired) electrons. The Morgan fingerprint density at radius 2 is 1.96 bits per heavy atom. The van der Waals surface area contributed by atoms with Crippen LogP contribution in [-0.4, -0.2) is 54.1 Å². The molecule has 158 valence electrons. The van der Waals surface area contributed by atoms with Crippen molar-refractivity contribution in [3.05, 3.63) is 22.8 Å². The van der Waals surface area contributed by atoms with Gasteiger partial charge in [0.2, 0.25) is 5.91 Å². The summed E-state index contributed by atoms with van der Waals surface area (Å²) in [5.74, 6) is -0.0720. The third kappa shape index (κ3) is 6.50. The van der Waals surface area contributed by atoms with Gasteiger partial charge in [0.1, 0.15) is 5.82 Å². The fourth-order valence-corrected chi connectivity index (χ4v) is 5.23. The lowest BCUT2D eigenvalue weighted by Crippen LogP contribution is -2.50. The van der Waals surface area contributed by atoms with E-state index in [2.05, 4.69) is 40.1 Å². The molecular formula is C19H31BrN4O3S. The van der Waals surface area contributed by atoms with Gasteiger partial charge in [-0.25, -0.2) is 4.98 Å². The molecule has 0 spiro atoms. The number of rotatable bonds is 10. The van der Waals surface area contributed by atoms with Crippen molar-refractivity contribution in [3.63, 3.8) is 0 Å². The van der Waals surface area contributed by atoms with E-state index < -0.39 is 10.2 Å². The molecule has 7 nitrogen and oxygen atoms in total. The summed E-state index contributed by atoms with van der Waals surface area (Å²) in [6.45, 7) is 5.88. The lowest BCUT2D eigenvalue weighted by molar-refractivity contribution is -0.120. The van der Waals surface area contributed by atoms with E-state index in [0.717, 1.165) is 30.2 Å². The first-order chi connectivity index (χ1) is 13.4. The topological polar surface area (TPSA) is 82.6 Å². The van der Waals surface area contributed by atoms with Gasteiger partial charge in [-0.1, -0.05) is 26.7 Å². The molecule has 0 bridgehead atoms. The van der Waals surface area contributed by atoms with Crippen molar-refractivity contribution < 1.29 is 13.2 Å². The minimum atomic E-state index is -3.55. The molecule has 0 aromatic carbocycles. The molecule has 1 aromatic rings. The van der Waals surface area contributed by atoms with Crippen LogP contribution in [0.3, 0.4) is 0 Å². The summed E-state index contributed by atoms with van der Waals surface area (Å²) < 4.78 is 30.2. The lowest BCUT2D eigenvalue weighted by Gasteiger charge is -2.35. The van der Waals surface area contributed by atoms with Crippen LogP contribution in [0.5, 0.6) is 0 Å². The second-order valence-corrected chi connectivity index (χ2v) is 10.0. The van der Waals surface area contributed by atoms with Crippen molar-refractivity contribution in [2.45, 2.75) is 52.4 Å². The van der Waals surface area contributed by atoms with Crippen LogP contribution in [0.25, 0.3) is 0 Å². The van der Waals surface area contributed by atoms with Gasteiger partial charge in [0.15, 0.2) is 0 Å². The highest BCUT2D eigenvalue weighted by Gasteiger charge is 2.35. The molecule has 1 aromatic heterocycles. The average Bonchev–Trinajstić information content (AvgIpc) is 2.69. The Balaban J connectivity index is 2.04. The third-order valence-electron chi connectivity index (χ3n) is 4.91. The minimum Gasteiger partial charge on any atom is -0.310 e. The maximum atomic E-state index is 13.2. The van der Waals surface area contributed by atoms with E-state index in [1.165, 1.54) is 4.31 Å². The number of unbranched alkanes of at least 4 members (excludes halogenated alkanes) is 2. The number of carbonyl (C=O) groups excluding carboxylic acids is 1. The van der Waals surface area contributed by atoms with Crippen LogP contribution in [0.4, 0.5) is 5.82 Å². The van der Waals surface area contributed by atoms with Crippen LogP contribution in [-0.2, 0) is 15.0 Å². The average molecular weight is 475 g/mol. The van der Waals surface area contributed by atoms with Gasteiger partial charge >= 0.3 is 0 Å². The van der Waals surface area contributed by atoms with Crippen LogP contribution in [0.2, 0.25) is 0 Å². The summed E-state index contributed by atoms with van der Waals surface area (Å²) in [4.78, 5) is 16.8.